The summed E-state index contributed by atoms with van der Waals surface area (Å²) < 4.78 is 5.53. The number of hydroxylamine groups is 1. The van der Waals surface area contributed by atoms with Crippen molar-refractivity contribution in [2.24, 2.45) is 5.92 Å². The molecule has 0 aliphatic carbocycles. The van der Waals surface area contributed by atoms with Crippen LogP contribution in [-0.2, 0) is 16.1 Å². The van der Waals surface area contributed by atoms with Crippen molar-refractivity contribution < 1.29 is 19.2 Å². The van der Waals surface area contributed by atoms with Crippen LogP contribution in [0.15, 0.2) is 22.6 Å². The molecule has 2 rings (SSSR count). The Balaban J connectivity index is 2.01. The fraction of sp³-hybridized carbons (Fsp3) is 0.412. The van der Waals surface area contributed by atoms with Gasteiger partial charge in [0.1, 0.15) is 5.52 Å². The molecule has 1 aromatic heterocycles. The Morgan fingerprint density at radius 2 is 2.24 bits per heavy atom. The fourth-order valence-electron chi connectivity index (χ4n) is 2.47. The molecule has 8 heteroatoms. The second-order valence-corrected chi connectivity index (χ2v) is 5.70. The highest BCUT2D eigenvalue weighted by Gasteiger charge is 2.21. The first-order valence-electron chi connectivity index (χ1n) is 8.07. The van der Waals surface area contributed by atoms with E-state index < -0.39 is 11.8 Å². The number of benzene rings is 1. The topological polar surface area (TPSA) is 128 Å². The highest BCUT2D eigenvalue weighted by Crippen LogP contribution is 2.18. The van der Waals surface area contributed by atoms with Gasteiger partial charge in [-0.05, 0) is 18.6 Å². The van der Waals surface area contributed by atoms with E-state index in [1.54, 1.807) is 23.7 Å². The molecule has 8 nitrogen and oxygen atoms in total. The van der Waals surface area contributed by atoms with Gasteiger partial charge in [0, 0.05) is 18.4 Å². The number of aromatic nitrogens is 1. The molecule has 0 unspecified atom stereocenters. The van der Waals surface area contributed by atoms with Crippen molar-refractivity contribution in [1.82, 2.24) is 15.8 Å². The smallest absolute Gasteiger partial charge is 0.244 e. The molecule has 0 radical (unpaired) electrons. The van der Waals surface area contributed by atoms with Gasteiger partial charge in [-0.2, -0.15) is 5.26 Å². The van der Waals surface area contributed by atoms with E-state index in [1.807, 2.05) is 13.0 Å². The van der Waals surface area contributed by atoms with Crippen LogP contribution in [0.3, 0.4) is 0 Å². The molecule has 0 aliphatic heterocycles. The van der Waals surface area contributed by atoms with Crippen molar-refractivity contribution >= 4 is 22.9 Å². The molecule has 132 valence electrons. The Hall–Kier alpha value is -2.92. The summed E-state index contributed by atoms with van der Waals surface area (Å²) in [6.07, 6.45) is 2.17. The lowest BCUT2D eigenvalue weighted by atomic mass is 9.97. The number of nitriles is 1. The monoisotopic (exact) mass is 344 g/mol. The van der Waals surface area contributed by atoms with Crippen molar-refractivity contribution in [2.75, 3.05) is 0 Å². The highest BCUT2D eigenvalue weighted by atomic mass is 16.5. The number of amides is 2. The Kier molecular flexibility index (Phi) is 6.48. The van der Waals surface area contributed by atoms with Crippen molar-refractivity contribution in [3.05, 3.63) is 29.7 Å². The molecule has 0 saturated heterocycles. The highest BCUT2D eigenvalue weighted by molar-refractivity contribution is 5.85. The van der Waals surface area contributed by atoms with Crippen LogP contribution in [0.1, 0.15) is 44.1 Å². The van der Waals surface area contributed by atoms with Crippen LogP contribution < -0.4 is 10.8 Å². The largest absolute Gasteiger partial charge is 0.439 e. The van der Waals surface area contributed by atoms with Gasteiger partial charge in [-0.3, -0.25) is 14.8 Å². The van der Waals surface area contributed by atoms with Crippen molar-refractivity contribution in [2.45, 2.75) is 39.2 Å². The zero-order valence-electron chi connectivity index (χ0n) is 13.9. The van der Waals surface area contributed by atoms with Gasteiger partial charge in [-0.15, -0.1) is 0 Å². The third-order valence-electron chi connectivity index (χ3n) is 3.81. The first-order chi connectivity index (χ1) is 12.1. The summed E-state index contributed by atoms with van der Waals surface area (Å²) in [5.74, 6) is -1.10. The third kappa shape index (κ3) is 5.02. The molecule has 0 bridgehead atoms. The molecule has 3 N–H and O–H groups in total. The lowest BCUT2D eigenvalue weighted by Crippen LogP contribution is -2.34. The first-order valence-corrected chi connectivity index (χ1v) is 8.07. The van der Waals surface area contributed by atoms with Crippen LogP contribution >= 0.6 is 0 Å². The van der Waals surface area contributed by atoms with E-state index in [0.29, 0.717) is 29.0 Å². The predicted octanol–water partition coefficient (Wildman–Crippen LogP) is 2.02. The molecule has 0 fully saturated rings. The average Bonchev–Trinajstić information content (AvgIpc) is 3.04. The standard InChI is InChI=1S/C17H20N4O4/c1-2-3-4-12(8-15(22)21-24)17(23)19-10-16-20-13-6-5-11(9-18)7-14(13)25-16/h5-7,12,24H,2-4,8,10H2,1H3,(H,19,23)(H,21,22)/t12-/m1/s1. The quantitative estimate of drug-likeness (QED) is 0.496. The van der Waals surface area contributed by atoms with E-state index >= 15 is 0 Å². The van der Waals surface area contributed by atoms with Crippen LogP contribution in [-0.4, -0.2) is 22.0 Å². The predicted molar refractivity (Wildman–Crippen MR) is 88.1 cm³/mol. The second kappa shape index (κ2) is 8.80. The second-order valence-electron chi connectivity index (χ2n) is 5.70. The van der Waals surface area contributed by atoms with Crippen LogP contribution in [0.4, 0.5) is 0 Å². The first kappa shape index (κ1) is 18.4. The summed E-state index contributed by atoms with van der Waals surface area (Å²) in [5, 5.41) is 20.2. The number of carbonyl (C=O) groups is 2. The van der Waals surface area contributed by atoms with Gasteiger partial charge in [0.2, 0.25) is 17.7 Å². The Bertz CT molecular complexity index is 794. The Labute approximate surface area is 144 Å². The third-order valence-corrected chi connectivity index (χ3v) is 3.81. The molecule has 1 aromatic carbocycles. The molecular formula is C17H20N4O4. The molecule has 0 aliphatic rings. The minimum Gasteiger partial charge on any atom is -0.439 e. The number of nitrogens with zero attached hydrogens (tertiary/aromatic N) is 2. The summed E-state index contributed by atoms with van der Waals surface area (Å²) in [4.78, 5) is 27.9. The van der Waals surface area contributed by atoms with Gasteiger partial charge >= 0.3 is 0 Å². The van der Waals surface area contributed by atoms with Crippen LogP contribution in [0.25, 0.3) is 11.1 Å². The van der Waals surface area contributed by atoms with E-state index in [1.165, 1.54) is 0 Å². The van der Waals surface area contributed by atoms with Crippen LogP contribution in [0.2, 0.25) is 0 Å². The molecule has 1 atom stereocenters. The molecule has 1 heterocycles. The maximum Gasteiger partial charge on any atom is 0.244 e. The van der Waals surface area contributed by atoms with E-state index in [-0.39, 0.29) is 18.9 Å². The van der Waals surface area contributed by atoms with E-state index in [0.717, 1.165) is 12.8 Å². The van der Waals surface area contributed by atoms with Crippen LogP contribution in [0, 0.1) is 17.2 Å². The lowest BCUT2D eigenvalue weighted by molar-refractivity contribution is -0.135. The maximum atomic E-state index is 12.3. The van der Waals surface area contributed by atoms with Gasteiger partial charge in [-0.1, -0.05) is 19.8 Å². The summed E-state index contributed by atoms with van der Waals surface area (Å²) in [6.45, 7) is 2.08. The molecule has 0 spiro atoms. The number of hydrogen-bond acceptors (Lipinski definition) is 6. The molecular weight excluding hydrogens is 324 g/mol. The molecule has 2 aromatic rings. The number of carbonyl (C=O) groups excluding carboxylic acids is 2. The van der Waals surface area contributed by atoms with Crippen LogP contribution in [0.5, 0.6) is 0 Å². The maximum absolute atomic E-state index is 12.3. The van der Waals surface area contributed by atoms with Gasteiger partial charge in [0.25, 0.3) is 0 Å². The zero-order valence-corrected chi connectivity index (χ0v) is 13.9. The summed E-state index contributed by atoms with van der Waals surface area (Å²) in [7, 11) is 0. The number of hydrogen-bond donors (Lipinski definition) is 3. The van der Waals surface area contributed by atoms with Crippen molar-refractivity contribution in [3.8, 4) is 6.07 Å². The SMILES string of the molecule is CCCC[C@H](CC(=O)NO)C(=O)NCc1nc2ccc(C#N)cc2o1. The van der Waals surface area contributed by atoms with Gasteiger partial charge in [0.15, 0.2) is 5.58 Å². The van der Waals surface area contributed by atoms with E-state index in [4.69, 9.17) is 14.9 Å². The normalized spacial score (nSPS) is 11.7. The average molecular weight is 344 g/mol. The molecule has 2 amide bonds. The van der Waals surface area contributed by atoms with Gasteiger partial charge in [-0.25, -0.2) is 10.5 Å². The van der Waals surface area contributed by atoms with Gasteiger partial charge < -0.3 is 9.73 Å². The molecule has 25 heavy (non-hydrogen) atoms. The number of rotatable bonds is 8. The van der Waals surface area contributed by atoms with Crippen molar-refractivity contribution in [1.29, 1.82) is 5.26 Å². The molecule has 0 saturated carbocycles. The number of unbranched alkanes of at least 4 members (excludes halogenated alkanes) is 1. The summed E-state index contributed by atoms with van der Waals surface area (Å²) in [5.41, 5.74) is 3.10. The number of nitrogens with one attached hydrogen (secondary N) is 2. The zero-order chi connectivity index (χ0) is 18.2. The number of oxazole rings is 1. The Morgan fingerprint density at radius 3 is 2.92 bits per heavy atom. The number of fused-ring (bicyclic) bond motifs is 1. The van der Waals surface area contributed by atoms with Crippen molar-refractivity contribution in [3.63, 3.8) is 0 Å². The minimum absolute atomic E-state index is 0.0819. The van der Waals surface area contributed by atoms with Gasteiger partial charge in [0.05, 0.1) is 18.2 Å². The lowest BCUT2D eigenvalue weighted by Gasteiger charge is -2.14. The fourth-order valence-corrected chi connectivity index (χ4v) is 2.47. The summed E-state index contributed by atoms with van der Waals surface area (Å²) >= 11 is 0. The van der Waals surface area contributed by atoms with E-state index in [9.17, 15) is 9.59 Å². The Morgan fingerprint density at radius 1 is 1.44 bits per heavy atom. The summed E-state index contributed by atoms with van der Waals surface area (Å²) in [6, 6.07) is 6.93. The van der Waals surface area contributed by atoms with E-state index in [2.05, 4.69) is 10.3 Å². The minimum atomic E-state index is -0.595.